The van der Waals surface area contributed by atoms with E-state index in [4.69, 9.17) is 15.2 Å². The van der Waals surface area contributed by atoms with Crippen LogP contribution in [0.5, 0.6) is 11.5 Å². The largest absolute Gasteiger partial charge is 0.496 e. The van der Waals surface area contributed by atoms with Gasteiger partial charge in [-0.25, -0.2) is 0 Å². The van der Waals surface area contributed by atoms with E-state index in [1.165, 1.54) is 26.4 Å². The van der Waals surface area contributed by atoms with Crippen molar-refractivity contribution in [3.8, 4) is 11.5 Å². The highest BCUT2D eigenvalue weighted by atomic mass is 32.2. The van der Waals surface area contributed by atoms with E-state index < -0.39 is 0 Å². The molecule has 3 aromatic carbocycles. The van der Waals surface area contributed by atoms with Gasteiger partial charge in [0.25, 0.3) is 0 Å². The Balaban J connectivity index is 2.24. The molecule has 0 saturated heterocycles. The maximum absolute atomic E-state index is 13.1. The van der Waals surface area contributed by atoms with Crippen LogP contribution in [-0.4, -0.2) is 24.5 Å². The van der Waals surface area contributed by atoms with Crippen LogP contribution in [0.2, 0.25) is 0 Å². The summed E-state index contributed by atoms with van der Waals surface area (Å²) in [5.74, 6) is 0.780. The Kier molecular flexibility index (Phi) is 8.14. The zero-order valence-electron chi connectivity index (χ0n) is 19.4. The first kappa shape index (κ1) is 25.1. The lowest BCUT2D eigenvalue weighted by Gasteiger charge is -2.22. The van der Waals surface area contributed by atoms with Crippen molar-refractivity contribution in [2.75, 3.05) is 25.4 Å². The molecule has 34 heavy (non-hydrogen) atoms. The van der Waals surface area contributed by atoms with Crippen molar-refractivity contribution in [2.45, 2.75) is 25.5 Å². The van der Waals surface area contributed by atoms with Crippen molar-refractivity contribution >= 4 is 44.7 Å². The number of methoxy groups -OCH3 is 2. The molecule has 0 aliphatic rings. The minimum absolute atomic E-state index is 0.127. The van der Waals surface area contributed by atoms with Gasteiger partial charge < -0.3 is 15.2 Å². The van der Waals surface area contributed by atoms with Gasteiger partial charge in [0.15, 0.2) is 0 Å². The van der Waals surface area contributed by atoms with Crippen molar-refractivity contribution in [3.63, 3.8) is 0 Å². The highest BCUT2D eigenvalue weighted by Gasteiger charge is 2.27. The Morgan fingerprint density at radius 2 is 1.85 bits per heavy atom. The van der Waals surface area contributed by atoms with E-state index in [-0.39, 0.29) is 16.1 Å². The Hall–Kier alpha value is -3.56. The Labute approximate surface area is 202 Å². The minimum Gasteiger partial charge on any atom is -0.496 e. The lowest BCUT2D eigenvalue weighted by atomic mass is 9.97. The fraction of sp³-hybridized carbons (Fsp3) is 0.240. The number of nitroso groups, excluding NO2 is 1. The van der Waals surface area contributed by atoms with Crippen LogP contribution in [0.3, 0.4) is 0 Å². The second-order valence-corrected chi connectivity index (χ2v) is 9.00. The summed E-state index contributed by atoms with van der Waals surface area (Å²) in [7, 11) is 2.98. The first-order valence-electron chi connectivity index (χ1n) is 10.5. The summed E-state index contributed by atoms with van der Waals surface area (Å²) < 4.78 is 11.4. The number of carbonyl (C=O) groups excluding carboxylic acids is 1. The number of fused-ring (bicyclic) bond motifs is 1. The summed E-state index contributed by atoms with van der Waals surface area (Å²) in [5, 5.41) is 13.1. The molecule has 0 fully saturated rings. The molecule has 8 nitrogen and oxygen atoms in total. The van der Waals surface area contributed by atoms with Crippen LogP contribution in [-0.2, 0) is 0 Å². The second-order valence-electron chi connectivity index (χ2n) is 7.82. The SMILES string of the molecule is COc1cc(C(CC=C(C)C)SC(=O)c2ccc(N)cc2)c(OC)c2c(N=O)ccc(NO)c12. The van der Waals surface area contributed by atoms with Gasteiger partial charge in [0.1, 0.15) is 17.2 Å². The molecule has 0 spiro atoms. The third kappa shape index (κ3) is 5.16. The number of nitrogens with zero attached hydrogens (tertiary/aromatic N) is 1. The summed E-state index contributed by atoms with van der Waals surface area (Å²) in [6, 6.07) is 11.5. The van der Waals surface area contributed by atoms with E-state index in [0.29, 0.717) is 51.2 Å². The van der Waals surface area contributed by atoms with E-state index in [2.05, 4.69) is 10.7 Å². The topological polar surface area (TPSA) is 123 Å². The summed E-state index contributed by atoms with van der Waals surface area (Å²) in [5.41, 5.74) is 11.2. The van der Waals surface area contributed by atoms with Gasteiger partial charge in [0, 0.05) is 22.1 Å². The second kappa shape index (κ2) is 11.0. The number of ether oxygens (including phenoxy) is 2. The van der Waals surface area contributed by atoms with Gasteiger partial charge in [0.2, 0.25) is 5.12 Å². The van der Waals surface area contributed by atoms with Crippen LogP contribution in [0.25, 0.3) is 10.8 Å². The van der Waals surface area contributed by atoms with E-state index >= 15 is 0 Å². The number of nitrogens with two attached hydrogens (primary N) is 1. The molecule has 0 radical (unpaired) electrons. The number of allylic oxidation sites excluding steroid dienone is 2. The van der Waals surface area contributed by atoms with Gasteiger partial charge in [0.05, 0.1) is 30.7 Å². The van der Waals surface area contributed by atoms with Gasteiger partial charge in [-0.2, -0.15) is 0 Å². The quantitative estimate of drug-likeness (QED) is 0.135. The number of rotatable bonds is 9. The fourth-order valence-electron chi connectivity index (χ4n) is 3.69. The van der Waals surface area contributed by atoms with Gasteiger partial charge in [-0.15, -0.1) is 4.91 Å². The van der Waals surface area contributed by atoms with Crippen LogP contribution in [0.1, 0.15) is 41.4 Å². The van der Waals surface area contributed by atoms with Crippen LogP contribution < -0.4 is 20.7 Å². The van der Waals surface area contributed by atoms with Gasteiger partial charge in [-0.05, 0) is 67.9 Å². The average Bonchev–Trinajstić information content (AvgIpc) is 2.84. The van der Waals surface area contributed by atoms with Crippen LogP contribution in [0.4, 0.5) is 17.1 Å². The highest BCUT2D eigenvalue weighted by Crippen LogP contribution is 2.50. The van der Waals surface area contributed by atoms with Gasteiger partial charge in [-0.1, -0.05) is 23.4 Å². The van der Waals surface area contributed by atoms with Crippen LogP contribution >= 0.6 is 11.8 Å². The minimum atomic E-state index is -0.363. The average molecular weight is 482 g/mol. The number of nitrogen functional groups attached to an aromatic ring is 1. The molecule has 1 atom stereocenters. The molecule has 0 aliphatic heterocycles. The number of benzene rings is 3. The molecule has 0 aromatic heterocycles. The molecule has 3 aromatic rings. The zero-order chi connectivity index (χ0) is 24.8. The third-order valence-electron chi connectivity index (χ3n) is 5.33. The van der Waals surface area contributed by atoms with Crippen LogP contribution in [0.15, 0.2) is 59.3 Å². The van der Waals surface area contributed by atoms with Crippen molar-refractivity contribution in [2.24, 2.45) is 5.18 Å². The molecule has 3 rings (SSSR count). The molecule has 0 saturated carbocycles. The number of carbonyl (C=O) groups is 1. The molecule has 0 amide bonds. The Bertz CT molecular complexity index is 1240. The number of thioether (sulfide) groups is 1. The van der Waals surface area contributed by atoms with E-state index in [1.807, 2.05) is 19.9 Å². The van der Waals surface area contributed by atoms with Gasteiger partial charge >= 0.3 is 0 Å². The molecule has 9 heteroatoms. The Morgan fingerprint density at radius 1 is 1.15 bits per heavy atom. The molecule has 4 N–H and O–H groups in total. The van der Waals surface area contributed by atoms with Crippen molar-refractivity contribution in [3.05, 3.63) is 70.1 Å². The first-order valence-corrected chi connectivity index (χ1v) is 11.4. The smallest absolute Gasteiger partial charge is 0.219 e. The van der Waals surface area contributed by atoms with Crippen LogP contribution in [0, 0.1) is 4.91 Å². The van der Waals surface area contributed by atoms with Crippen molar-refractivity contribution in [1.29, 1.82) is 0 Å². The van der Waals surface area contributed by atoms with Crippen molar-refractivity contribution in [1.82, 2.24) is 0 Å². The summed E-state index contributed by atoms with van der Waals surface area (Å²) >= 11 is 1.15. The van der Waals surface area contributed by atoms with E-state index in [1.54, 1.807) is 30.3 Å². The molecular formula is C25H27N3O5S. The number of hydrogen-bond donors (Lipinski definition) is 3. The predicted molar refractivity (Wildman–Crippen MR) is 137 cm³/mol. The number of anilines is 2. The molecule has 178 valence electrons. The lowest BCUT2D eigenvalue weighted by molar-refractivity contribution is 0.108. The predicted octanol–water partition coefficient (Wildman–Crippen LogP) is 6.61. The summed E-state index contributed by atoms with van der Waals surface area (Å²) in [6.45, 7) is 3.96. The van der Waals surface area contributed by atoms with E-state index in [9.17, 15) is 14.9 Å². The van der Waals surface area contributed by atoms with Gasteiger partial charge in [-0.3, -0.25) is 15.5 Å². The Morgan fingerprint density at radius 3 is 2.41 bits per heavy atom. The van der Waals surface area contributed by atoms with Crippen molar-refractivity contribution < 1.29 is 19.5 Å². The monoisotopic (exact) mass is 481 g/mol. The van der Waals surface area contributed by atoms with E-state index in [0.717, 1.165) is 17.3 Å². The fourth-order valence-corrected chi connectivity index (χ4v) is 4.71. The summed E-state index contributed by atoms with van der Waals surface area (Å²) in [6.07, 6.45) is 2.56. The normalized spacial score (nSPS) is 11.6. The lowest BCUT2D eigenvalue weighted by Crippen LogP contribution is -2.05. The maximum atomic E-state index is 13.1. The third-order valence-corrected chi connectivity index (χ3v) is 6.51. The number of nitrogens with one attached hydrogen (secondary N) is 1. The molecular weight excluding hydrogens is 454 g/mol. The number of hydrogen-bond acceptors (Lipinski definition) is 9. The molecule has 0 bridgehead atoms. The first-order chi connectivity index (χ1) is 16.3. The molecule has 1 unspecified atom stereocenters. The molecule has 0 heterocycles. The zero-order valence-corrected chi connectivity index (χ0v) is 20.2. The molecule has 0 aliphatic carbocycles. The summed E-state index contributed by atoms with van der Waals surface area (Å²) in [4.78, 5) is 24.8. The maximum Gasteiger partial charge on any atom is 0.219 e. The standard InChI is InChI=1S/C25H27N3O5S/c1-14(2)5-12-21(34-25(29)15-6-8-16(26)9-7-15)17-13-20(32-3)22-18(27-30)10-11-19(28-31)23(22)24(17)33-4/h5-11,13,21,27,30H,12,26H2,1-4H3. The highest BCUT2D eigenvalue weighted by molar-refractivity contribution is 8.14.